The standard InChI is InChI=1S/C12H11NO/c14-12-8-4-5-9-13(10-12)11-6-2-1-3-7-11/h1-9H,10H2. The molecule has 0 aliphatic carbocycles. The van der Waals surface area contributed by atoms with E-state index < -0.39 is 0 Å². The lowest BCUT2D eigenvalue weighted by atomic mass is 10.3. The summed E-state index contributed by atoms with van der Waals surface area (Å²) in [6, 6.07) is 9.87. The van der Waals surface area contributed by atoms with E-state index in [1.807, 2.05) is 47.5 Å². The van der Waals surface area contributed by atoms with Crippen molar-refractivity contribution in [1.82, 2.24) is 0 Å². The predicted octanol–water partition coefficient (Wildman–Crippen LogP) is 2.15. The van der Waals surface area contributed by atoms with Gasteiger partial charge in [0.2, 0.25) is 0 Å². The van der Waals surface area contributed by atoms with Gasteiger partial charge < -0.3 is 4.90 Å². The van der Waals surface area contributed by atoms with Crippen LogP contribution in [0.25, 0.3) is 0 Å². The molecule has 0 saturated carbocycles. The van der Waals surface area contributed by atoms with E-state index in [-0.39, 0.29) is 5.78 Å². The number of anilines is 1. The van der Waals surface area contributed by atoms with Crippen LogP contribution >= 0.6 is 0 Å². The molecule has 14 heavy (non-hydrogen) atoms. The zero-order valence-corrected chi connectivity index (χ0v) is 7.76. The van der Waals surface area contributed by atoms with Crippen molar-refractivity contribution >= 4 is 11.5 Å². The molecule has 0 atom stereocenters. The van der Waals surface area contributed by atoms with Gasteiger partial charge in [-0.05, 0) is 24.3 Å². The van der Waals surface area contributed by atoms with Crippen molar-refractivity contribution in [2.75, 3.05) is 11.4 Å². The molecule has 0 fully saturated rings. The molecule has 0 saturated heterocycles. The van der Waals surface area contributed by atoms with Gasteiger partial charge in [-0.3, -0.25) is 4.79 Å². The van der Waals surface area contributed by atoms with Crippen LogP contribution in [0.3, 0.4) is 0 Å². The van der Waals surface area contributed by atoms with E-state index in [2.05, 4.69) is 0 Å². The number of para-hydroxylation sites is 1. The molecule has 1 aromatic carbocycles. The molecule has 1 heterocycles. The highest BCUT2D eigenvalue weighted by Gasteiger charge is 2.07. The highest BCUT2D eigenvalue weighted by Crippen LogP contribution is 2.14. The Kier molecular flexibility index (Phi) is 2.45. The lowest BCUT2D eigenvalue weighted by Crippen LogP contribution is -2.22. The first-order valence-corrected chi connectivity index (χ1v) is 4.56. The zero-order chi connectivity index (χ0) is 9.80. The molecule has 0 unspecified atom stereocenters. The number of ketones is 1. The maximum Gasteiger partial charge on any atom is 0.175 e. The van der Waals surface area contributed by atoms with Crippen molar-refractivity contribution in [2.45, 2.75) is 0 Å². The van der Waals surface area contributed by atoms with Gasteiger partial charge in [0.15, 0.2) is 5.78 Å². The fraction of sp³-hybridized carbons (Fsp3) is 0.0833. The predicted molar refractivity (Wildman–Crippen MR) is 57.1 cm³/mol. The molecule has 1 aliphatic heterocycles. The lowest BCUT2D eigenvalue weighted by molar-refractivity contribution is -0.113. The molecular weight excluding hydrogens is 174 g/mol. The molecule has 0 spiro atoms. The van der Waals surface area contributed by atoms with Crippen LogP contribution in [0.5, 0.6) is 0 Å². The van der Waals surface area contributed by atoms with E-state index in [4.69, 9.17) is 0 Å². The van der Waals surface area contributed by atoms with Gasteiger partial charge in [0.25, 0.3) is 0 Å². The molecule has 2 heteroatoms. The van der Waals surface area contributed by atoms with E-state index >= 15 is 0 Å². The van der Waals surface area contributed by atoms with E-state index in [0.29, 0.717) is 6.54 Å². The number of nitrogens with zero attached hydrogens (tertiary/aromatic N) is 1. The quantitative estimate of drug-likeness (QED) is 0.668. The van der Waals surface area contributed by atoms with Crippen LogP contribution in [0, 0.1) is 0 Å². The van der Waals surface area contributed by atoms with Crippen molar-refractivity contribution in [1.29, 1.82) is 0 Å². The summed E-state index contributed by atoms with van der Waals surface area (Å²) in [5.41, 5.74) is 1.04. The van der Waals surface area contributed by atoms with Crippen LogP contribution in [-0.4, -0.2) is 12.3 Å². The maximum absolute atomic E-state index is 11.3. The topological polar surface area (TPSA) is 20.3 Å². The van der Waals surface area contributed by atoms with Crippen molar-refractivity contribution in [3.8, 4) is 0 Å². The minimum atomic E-state index is 0.124. The molecule has 0 radical (unpaired) electrons. The van der Waals surface area contributed by atoms with Gasteiger partial charge >= 0.3 is 0 Å². The smallest absolute Gasteiger partial charge is 0.175 e. The third-order valence-electron chi connectivity index (χ3n) is 2.07. The van der Waals surface area contributed by atoms with Gasteiger partial charge in [0, 0.05) is 11.9 Å². The second-order valence-electron chi connectivity index (χ2n) is 3.13. The fourth-order valence-electron chi connectivity index (χ4n) is 1.39. The van der Waals surface area contributed by atoms with Crippen molar-refractivity contribution in [3.63, 3.8) is 0 Å². The van der Waals surface area contributed by atoms with Crippen LogP contribution in [0.1, 0.15) is 0 Å². The Balaban J connectivity index is 2.24. The number of rotatable bonds is 1. The van der Waals surface area contributed by atoms with Gasteiger partial charge in [-0.2, -0.15) is 0 Å². The number of benzene rings is 1. The van der Waals surface area contributed by atoms with Crippen molar-refractivity contribution in [3.05, 3.63) is 54.8 Å². The maximum atomic E-state index is 11.3. The normalized spacial score (nSPS) is 15.7. The summed E-state index contributed by atoms with van der Waals surface area (Å²) in [5, 5.41) is 0. The van der Waals surface area contributed by atoms with E-state index in [1.54, 1.807) is 12.2 Å². The summed E-state index contributed by atoms with van der Waals surface area (Å²) >= 11 is 0. The van der Waals surface area contributed by atoms with E-state index in [9.17, 15) is 4.79 Å². The highest BCUT2D eigenvalue weighted by atomic mass is 16.1. The molecule has 0 amide bonds. The molecule has 2 nitrogen and oxygen atoms in total. The van der Waals surface area contributed by atoms with Crippen LogP contribution in [0.2, 0.25) is 0 Å². The first-order valence-electron chi connectivity index (χ1n) is 4.56. The second kappa shape index (κ2) is 3.92. The van der Waals surface area contributed by atoms with Gasteiger partial charge in [0.1, 0.15) is 0 Å². The van der Waals surface area contributed by atoms with Gasteiger partial charge in [-0.1, -0.05) is 24.3 Å². The molecule has 0 N–H and O–H groups in total. The molecule has 1 aliphatic rings. The SMILES string of the molecule is O=C1C=CC=CN(c2ccccc2)C1. The van der Waals surface area contributed by atoms with Gasteiger partial charge in [-0.15, -0.1) is 0 Å². The Bertz CT molecular complexity index is 379. The lowest BCUT2D eigenvalue weighted by Gasteiger charge is -2.17. The van der Waals surface area contributed by atoms with Crippen LogP contribution in [-0.2, 0) is 4.79 Å². The first-order chi connectivity index (χ1) is 6.86. The van der Waals surface area contributed by atoms with Crippen molar-refractivity contribution in [2.24, 2.45) is 0 Å². The Morgan fingerprint density at radius 2 is 1.86 bits per heavy atom. The number of allylic oxidation sites excluding steroid dienone is 2. The molecule has 2 rings (SSSR count). The Labute approximate surface area is 83.2 Å². The second-order valence-corrected chi connectivity index (χ2v) is 3.13. The minimum Gasteiger partial charge on any atom is -0.340 e. The van der Waals surface area contributed by atoms with Crippen LogP contribution in [0.4, 0.5) is 5.69 Å². The highest BCUT2D eigenvalue weighted by molar-refractivity contribution is 5.94. The Morgan fingerprint density at radius 3 is 2.64 bits per heavy atom. The van der Waals surface area contributed by atoms with Crippen LogP contribution in [0.15, 0.2) is 54.8 Å². The molecule has 1 aromatic rings. The van der Waals surface area contributed by atoms with Gasteiger partial charge in [0.05, 0.1) is 6.54 Å². The molecular formula is C12H11NO. The Morgan fingerprint density at radius 1 is 1.07 bits per heavy atom. The Hall–Kier alpha value is -1.83. The van der Waals surface area contributed by atoms with E-state index in [0.717, 1.165) is 5.69 Å². The number of hydrogen-bond acceptors (Lipinski definition) is 2. The molecule has 70 valence electrons. The van der Waals surface area contributed by atoms with E-state index in [1.165, 1.54) is 0 Å². The van der Waals surface area contributed by atoms with Crippen molar-refractivity contribution < 1.29 is 4.79 Å². The summed E-state index contributed by atoms with van der Waals surface area (Å²) in [7, 11) is 0. The largest absolute Gasteiger partial charge is 0.340 e. The number of hydrogen-bond donors (Lipinski definition) is 0. The number of carbonyl (C=O) groups excluding carboxylic acids is 1. The number of carbonyl (C=O) groups is 1. The monoisotopic (exact) mass is 185 g/mol. The molecule has 0 bridgehead atoms. The van der Waals surface area contributed by atoms with Crippen LogP contribution < -0.4 is 4.90 Å². The summed E-state index contributed by atoms with van der Waals surface area (Å²) < 4.78 is 0. The summed E-state index contributed by atoms with van der Waals surface area (Å²) in [6.45, 7) is 0.414. The third-order valence-corrected chi connectivity index (χ3v) is 2.07. The zero-order valence-electron chi connectivity index (χ0n) is 7.76. The minimum absolute atomic E-state index is 0.124. The summed E-state index contributed by atoms with van der Waals surface area (Å²) in [4.78, 5) is 13.2. The first kappa shape index (κ1) is 8.75. The average Bonchev–Trinajstić information content (AvgIpc) is 2.44. The molecule has 0 aromatic heterocycles. The average molecular weight is 185 g/mol. The summed E-state index contributed by atoms with van der Waals surface area (Å²) in [6.07, 6.45) is 7.15. The van der Waals surface area contributed by atoms with Gasteiger partial charge in [-0.25, -0.2) is 0 Å². The fourth-order valence-corrected chi connectivity index (χ4v) is 1.39. The summed E-state index contributed by atoms with van der Waals surface area (Å²) in [5.74, 6) is 0.124. The third kappa shape index (κ3) is 1.91.